The summed E-state index contributed by atoms with van der Waals surface area (Å²) in [5, 5.41) is 5.17. The van der Waals surface area contributed by atoms with Gasteiger partial charge in [-0.1, -0.05) is 24.3 Å². The molecule has 0 spiro atoms. The molecular weight excluding hydrogens is 308 g/mol. The molecule has 0 bridgehead atoms. The number of fused-ring (bicyclic) bond motifs is 1. The van der Waals surface area contributed by atoms with Crippen molar-refractivity contribution in [3.8, 4) is 5.75 Å². The average Bonchev–Trinajstić information content (AvgIpc) is 3.08. The van der Waals surface area contributed by atoms with Crippen LogP contribution in [0.4, 0.5) is 0 Å². The zero-order valence-corrected chi connectivity index (χ0v) is 14.3. The summed E-state index contributed by atoms with van der Waals surface area (Å²) < 4.78 is 5.71. The molecule has 1 N–H and O–H groups in total. The molecule has 122 valence electrons. The van der Waals surface area contributed by atoms with Crippen LogP contribution in [0.2, 0.25) is 0 Å². The van der Waals surface area contributed by atoms with E-state index < -0.39 is 0 Å². The molecular formula is C18H22N2O2S. The Morgan fingerprint density at radius 2 is 2.17 bits per heavy atom. The Morgan fingerprint density at radius 1 is 1.35 bits per heavy atom. The summed E-state index contributed by atoms with van der Waals surface area (Å²) in [5.74, 6) is 0.861. The zero-order chi connectivity index (χ0) is 16.2. The van der Waals surface area contributed by atoms with Gasteiger partial charge < -0.3 is 15.0 Å². The van der Waals surface area contributed by atoms with Crippen LogP contribution in [0, 0.1) is 5.92 Å². The van der Waals surface area contributed by atoms with Crippen LogP contribution in [0.3, 0.4) is 0 Å². The van der Waals surface area contributed by atoms with Gasteiger partial charge in [0.05, 0.1) is 12.0 Å². The number of ether oxygens (including phenoxy) is 1. The Bertz CT molecular complexity index is 655. The maximum absolute atomic E-state index is 12.5. The number of hydrogen-bond donors (Lipinski definition) is 1. The first kappa shape index (κ1) is 16.0. The van der Waals surface area contributed by atoms with E-state index >= 15 is 0 Å². The normalized spacial score (nSPS) is 18.1. The van der Waals surface area contributed by atoms with E-state index in [4.69, 9.17) is 4.74 Å². The largest absolute Gasteiger partial charge is 0.492 e. The summed E-state index contributed by atoms with van der Waals surface area (Å²) in [6, 6.07) is 12.3. The van der Waals surface area contributed by atoms with Gasteiger partial charge in [-0.15, -0.1) is 11.3 Å². The maximum atomic E-state index is 12.5. The number of rotatable bonds is 5. The highest BCUT2D eigenvalue weighted by molar-refractivity contribution is 7.10. The first-order chi connectivity index (χ1) is 11.1. The Balaban J connectivity index is 1.59. The van der Waals surface area contributed by atoms with Gasteiger partial charge in [0.1, 0.15) is 12.4 Å². The van der Waals surface area contributed by atoms with Crippen molar-refractivity contribution in [2.24, 2.45) is 5.92 Å². The number of para-hydroxylation sites is 1. The van der Waals surface area contributed by atoms with Crippen molar-refractivity contribution >= 4 is 17.2 Å². The van der Waals surface area contributed by atoms with Gasteiger partial charge >= 0.3 is 0 Å². The minimum Gasteiger partial charge on any atom is -0.492 e. The molecule has 23 heavy (non-hydrogen) atoms. The van der Waals surface area contributed by atoms with Crippen molar-refractivity contribution in [1.82, 2.24) is 10.2 Å². The summed E-state index contributed by atoms with van der Waals surface area (Å²) in [4.78, 5) is 15.9. The van der Waals surface area contributed by atoms with Crippen LogP contribution in [0.1, 0.15) is 16.5 Å². The van der Waals surface area contributed by atoms with E-state index in [0.717, 1.165) is 17.7 Å². The molecule has 0 fully saturated rings. The number of hydrogen-bond acceptors (Lipinski definition) is 4. The SMILES string of the molecule is CN(C)C(CNC(=O)C1COc2ccccc2C1)c1cccs1. The first-order valence-electron chi connectivity index (χ1n) is 7.83. The Labute approximate surface area is 141 Å². The van der Waals surface area contributed by atoms with Gasteiger partial charge in [-0.05, 0) is 43.6 Å². The molecule has 3 rings (SSSR count). The lowest BCUT2D eigenvalue weighted by Crippen LogP contribution is -2.41. The van der Waals surface area contributed by atoms with Crippen LogP contribution in [0.5, 0.6) is 5.75 Å². The molecule has 5 heteroatoms. The molecule has 0 radical (unpaired) electrons. The summed E-state index contributed by atoms with van der Waals surface area (Å²) >= 11 is 1.72. The number of nitrogens with zero attached hydrogens (tertiary/aromatic N) is 1. The molecule has 0 saturated carbocycles. The van der Waals surface area contributed by atoms with Crippen LogP contribution in [-0.4, -0.2) is 38.1 Å². The van der Waals surface area contributed by atoms with E-state index in [1.165, 1.54) is 4.88 Å². The lowest BCUT2D eigenvalue weighted by Gasteiger charge is -2.27. The van der Waals surface area contributed by atoms with Crippen molar-refractivity contribution in [3.63, 3.8) is 0 Å². The fourth-order valence-electron chi connectivity index (χ4n) is 2.86. The minimum absolute atomic E-state index is 0.0721. The predicted molar refractivity (Wildman–Crippen MR) is 92.9 cm³/mol. The quantitative estimate of drug-likeness (QED) is 0.916. The summed E-state index contributed by atoms with van der Waals surface area (Å²) in [6.07, 6.45) is 0.744. The van der Waals surface area contributed by atoms with Gasteiger partial charge in [0.2, 0.25) is 5.91 Å². The van der Waals surface area contributed by atoms with Crippen LogP contribution in [0.15, 0.2) is 41.8 Å². The highest BCUT2D eigenvalue weighted by Gasteiger charge is 2.26. The maximum Gasteiger partial charge on any atom is 0.226 e. The molecule has 2 heterocycles. The number of thiophene rings is 1. The van der Waals surface area contributed by atoms with E-state index in [9.17, 15) is 4.79 Å². The van der Waals surface area contributed by atoms with Crippen molar-refractivity contribution in [2.75, 3.05) is 27.2 Å². The second kappa shape index (κ2) is 7.15. The van der Waals surface area contributed by atoms with Crippen LogP contribution >= 0.6 is 11.3 Å². The summed E-state index contributed by atoms with van der Waals surface area (Å²) in [7, 11) is 4.08. The van der Waals surface area contributed by atoms with Gasteiger partial charge in [-0.3, -0.25) is 4.79 Å². The topological polar surface area (TPSA) is 41.6 Å². The lowest BCUT2D eigenvalue weighted by atomic mass is 9.96. The molecule has 1 aromatic carbocycles. The van der Waals surface area contributed by atoms with E-state index in [1.807, 2.05) is 44.4 Å². The van der Waals surface area contributed by atoms with Crippen molar-refractivity contribution in [3.05, 3.63) is 52.2 Å². The fraction of sp³-hybridized carbons (Fsp3) is 0.389. The number of carbonyl (C=O) groups is 1. The predicted octanol–water partition coefficient (Wildman–Crippen LogP) is 2.72. The monoisotopic (exact) mass is 330 g/mol. The first-order valence-corrected chi connectivity index (χ1v) is 8.71. The summed E-state index contributed by atoms with van der Waals surface area (Å²) in [6.45, 7) is 1.07. The highest BCUT2D eigenvalue weighted by Crippen LogP contribution is 2.27. The molecule has 1 aliphatic rings. The highest BCUT2D eigenvalue weighted by atomic mass is 32.1. The number of likely N-dealkylation sites (N-methyl/N-ethyl adjacent to an activating group) is 1. The van der Waals surface area contributed by atoms with Crippen LogP contribution in [0.25, 0.3) is 0 Å². The second-order valence-electron chi connectivity index (χ2n) is 6.06. The van der Waals surface area contributed by atoms with Crippen molar-refractivity contribution in [2.45, 2.75) is 12.5 Å². The summed E-state index contributed by atoms with van der Waals surface area (Å²) in [5.41, 5.74) is 1.11. The number of nitrogens with one attached hydrogen (secondary N) is 1. The van der Waals surface area contributed by atoms with E-state index in [1.54, 1.807) is 11.3 Å². The Morgan fingerprint density at radius 3 is 2.91 bits per heavy atom. The van der Waals surface area contributed by atoms with Crippen molar-refractivity contribution < 1.29 is 9.53 Å². The second-order valence-corrected chi connectivity index (χ2v) is 7.04. The van der Waals surface area contributed by atoms with Crippen LogP contribution < -0.4 is 10.1 Å². The molecule has 1 aromatic heterocycles. The van der Waals surface area contributed by atoms with Gasteiger partial charge in [0.25, 0.3) is 0 Å². The molecule has 2 aromatic rings. The third-order valence-electron chi connectivity index (χ3n) is 4.21. The molecule has 0 saturated heterocycles. The molecule has 1 amide bonds. The van der Waals surface area contributed by atoms with E-state index in [-0.39, 0.29) is 17.9 Å². The van der Waals surface area contributed by atoms with Crippen molar-refractivity contribution in [1.29, 1.82) is 0 Å². The Hall–Kier alpha value is -1.85. The number of carbonyl (C=O) groups excluding carboxylic acids is 1. The average molecular weight is 330 g/mol. The van der Waals surface area contributed by atoms with Gasteiger partial charge in [-0.2, -0.15) is 0 Å². The Kier molecular flexibility index (Phi) is 4.98. The standard InChI is InChI=1S/C18H22N2O2S/c1-20(2)15(17-8-5-9-23-17)11-19-18(21)14-10-13-6-3-4-7-16(13)22-12-14/h3-9,14-15H,10-12H2,1-2H3,(H,19,21). The van der Waals surface area contributed by atoms with Gasteiger partial charge in [0.15, 0.2) is 0 Å². The molecule has 1 aliphatic heterocycles. The molecule has 2 atom stereocenters. The van der Waals surface area contributed by atoms with Gasteiger partial charge in [0, 0.05) is 11.4 Å². The van der Waals surface area contributed by atoms with E-state index in [2.05, 4.69) is 21.7 Å². The van der Waals surface area contributed by atoms with Crippen LogP contribution in [-0.2, 0) is 11.2 Å². The number of amides is 1. The fourth-order valence-corrected chi connectivity index (χ4v) is 3.78. The molecule has 4 nitrogen and oxygen atoms in total. The van der Waals surface area contributed by atoms with Gasteiger partial charge in [-0.25, -0.2) is 0 Å². The lowest BCUT2D eigenvalue weighted by molar-refractivity contribution is -0.126. The zero-order valence-electron chi connectivity index (χ0n) is 13.5. The smallest absolute Gasteiger partial charge is 0.226 e. The molecule has 2 unspecified atom stereocenters. The van der Waals surface area contributed by atoms with E-state index in [0.29, 0.717) is 13.2 Å². The molecule has 0 aliphatic carbocycles. The minimum atomic E-state index is -0.115. The number of benzene rings is 1. The third kappa shape index (κ3) is 3.74. The third-order valence-corrected chi connectivity index (χ3v) is 5.19.